The second kappa shape index (κ2) is 18.7. The molecule has 8 atom stereocenters. The van der Waals surface area contributed by atoms with E-state index in [0.717, 1.165) is 16.7 Å². The molecule has 0 unspecified atom stereocenters. The zero-order chi connectivity index (χ0) is 34.4. The minimum Gasteiger partial charge on any atom is -0.463 e. The van der Waals surface area contributed by atoms with E-state index >= 15 is 0 Å². The summed E-state index contributed by atoms with van der Waals surface area (Å²) < 4.78 is 54.9. The Labute approximate surface area is 286 Å². The van der Waals surface area contributed by atoms with Gasteiger partial charge in [-0.3, -0.25) is 9.59 Å². The van der Waals surface area contributed by atoms with Crippen molar-refractivity contribution in [2.75, 3.05) is 20.3 Å². The predicted octanol–water partition coefficient (Wildman–Crippen LogP) is 4.91. The first-order chi connectivity index (χ1) is 23.9. The third kappa shape index (κ3) is 11.0. The van der Waals surface area contributed by atoms with Crippen molar-refractivity contribution in [1.29, 1.82) is 0 Å². The van der Waals surface area contributed by atoms with E-state index in [1.807, 2.05) is 91.0 Å². The molecule has 11 nitrogen and oxygen atoms in total. The van der Waals surface area contributed by atoms with Crippen molar-refractivity contribution in [1.82, 2.24) is 0 Å². The first-order valence-electron chi connectivity index (χ1n) is 16.3. The van der Waals surface area contributed by atoms with E-state index < -0.39 is 61.1 Å². The van der Waals surface area contributed by atoms with Crippen LogP contribution in [0.15, 0.2) is 103 Å². The second-order valence-electron chi connectivity index (χ2n) is 11.7. The molecule has 5 rings (SSSR count). The highest BCUT2D eigenvalue weighted by atomic mass is 16.7. The van der Waals surface area contributed by atoms with Crippen LogP contribution in [0.2, 0.25) is 0 Å². The van der Waals surface area contributed by atoms with Crippen LogP contribution in [-0.2, 0) is 72.0 Å². The number of hydrogen-bond donors (Lipinski definition) is 0. The van der Waals surface area contributed by atoms with Crippen molar-refractivity contribution in [2.24, 2.45) is 0 Å². The van der Waals surface area contributed by atoms with Gasteiger partial charge in [-0.15, -0.1) is 0 Å². The summed E-state index contributed by atoms with van der Waals surface area (Å²) in [6.45, 7) is 3.38. The first-order valence-corrected chi connectivity index (χ1v) is 16.3. The van der Waals surface area contributed by atoms with E-state index in [1.54, 1.807) is 19.3 Å². The summed E-state index contributed by atoms with van der Waals surface area (Å²) in [7, 11) is 1.56. The summed E-state index contributed by atoms with van der Waals surface area (Å²) in [5, 5.41) is 0. The molecule has 0 spiro atoms. The van der Waals surface area contributed by atoms with Gasteiger partial charge in [0.25, 0.3) is 0 Å². The molecule has 3 aromatic rings. The van der Waals surface area contributed by atoms with Crippen molar-refractivity contribution >= 4 is 11.9 Å². The Morgan fingerprint density at radius 2 is 1.12 bits per heavy atom. The molecular formula is C38H44O11. The zero-order valence-corrected chi connectivity index (χ0v) is 28.0. The third-order valence-corrected chi connectivity index (χ3v) is 7.99. The smallest absolute Gasteiger partial charge is 0.303 e. The van der Waals surface area contributed by atoms with Crippen molar-refractivity contribution in [3.05, 3.63) is 120 Å². The van der Waals surface area contributed by atoms with E-state index in [0.29, 0.717) is 13.2 Å². The average molecular weight is 677 g/mol. The lowest BCUT2D eigenvalue weighted by atomic mass is 9.97. The van der Waals surface area contributed by atoms with Crippen LogP contribution >= 0.6 is 0 Å². The summed E-state index contributed by atoms with van der Waals surface area (Å²) in [6, 6.07) is 29.5. The van der Waals surface area contributed by atoms with Crippen molar-refractivity contribution < 1.29 is 52.2 Å². The van der Waals surface area contributed by atoms with Gasteiger partial charge in [-0.2, -0.15) is 0 Å². The van der Waals surface area contributed by atoms with E-state index in [2.05, 4.69) is 0 Å². The van der Waals surface area contributed by atoms with Gasteiger partial charge in [0.05, 0.1) is 26.4 Å². The average Bonchev–Trinajstić information content (AvgIpc) is 3.12. The minimum absolute atomic E-state index is 0.0173. The minimum atomic E-state index is -0.859. The summed E-state index contributed by atoms with van der Waals surface area (Å²) in [5.41, 5.74) is 2.95. The Morgan fingerprint density at radius 3 is 1.63 bits per heavy atom. The molecule has 1 saturated heterocycles. The summed E-state index contributed by atoms with van der Waals surface area (Å²) >= 11 is 0. The maximum absolute atomic E-state index is 11.7. The van der Waals surface area contributed by atoms with Gasteiger partial charge in [0.2, 0.25) is 0 Å². The highest BCUT2D eigenvalue weighted by Crippen LogP contribution is 2.32. The number of benzene rings is 3. The molecule has 0 N–H and O–H groups in total. The lowest BCUT2D eigenvalue weighted by Crippen LogP contribution is -2.61. The molecule has 0 radical (unpaired) electrons. The van der Waals surface area contributed by atoms with E-state index in [9.17, 15) is 9.59 Å². The topological polar surface area (TPSA) is 117 Å². The molecule has 2 heterocycles. The van der Waals surface area contributed by atoms with Gasteiger partial charge in [0.15, 0.2) is 12.6 Å². The fraction of sp³-hybridized carbons (Fsp3) is 0.421. The van der Waals surface area contributed by atoms with Gasteiger partial charge < -0.3 is 42.6 Å². The van der Waals surface area contributed by atoms with E-state index in [-0.39, 0.29) is 19.8 Å². The Bertz CT molecular complexity index is 1450. The SMILES string of the molecule is CO[C@H]1O[C@H](CO[C@@H]2C=C[C@H](OC(C)=O)[C@@H](COC(C)=O)O2)[C@@H](OCc2ccccc2)[C@@H](OCc2ccccc2)[C@H]1OCc1ccccc1. The number of carbonyl (C=O) groups excluding carboxylic acids is 2. The van der Waals surface area contributed by atoms with Crippen LogP contribution < -0.4 is 0 Å². The van der Waals surface area contributed by atoms with Crippen molar-refractivity contribution in [3.8, 4) is 0 Å². The molecule has 262 valence electrons. The number of methoxy groups -OCH3 is 1. The van der Waals surface area contributed by atoms with Gasteiger partial charge in [0.1, 0.15) is 43.2 Å². The van der Waals surface area contributed by atoms with Gasteiger partial charge in [-0.1, -0.05) is 91.0 Å². The van der Waals surface area contributed by atoms with Crippen molar-refractivity contribution in [3.63, 3.8) is 0 Å². The lowest BCUT2D eigenvalue weighted by molar-refractivity contribution is -0.327. The summed E-state index contributed by atoms with van der Waals surface area (Å²) in [4.78, 5) is 23.2. The molecule has 0 saturated carbocycles. The molecule has 0 bridgehead atoms. The fourth-order valence-electron chi connectivity index (χ4n) is 5.61. The number of rotatable bonds is 16. The quantitative estimate of drug-likeness (QED) is 0.152. The molecule has 0 aliphatic carbocycles. The Morgan fingerprint density at radius 1 is 0.592 bits per heavy atom. The van der Waals surface area contributed by atoms with Crippen LogP contribution in [-0.4, -0.2) is 81.5 Å². The molecule has 2 aliphatic rings. The standard InChI is InChI=1S/C38H44O11/c1-26(39)42-24-32-31(47-27(2)40)19-20-34(48-32)43-25-33-35(44-21-28-13-7-4-8-14-28)36(45-22-29-15-9-5-10-16-29)37(38(41-3)49-33)46-23-30-17-11-6-12-18-30/h4-20,31-38H,21-25H2,1-3H3/t31-,32+,33+,34-,35+,36+,37+,38-/m0/s1. The highest BCUT2D eigenvalue weighted by molar-refractivity contribution is 5.66. The molecule has 49 heavy (non-hydrogen) atoms. The predicted molar refractivity (Wildman–Crippen MR) is 177 cm³/mol. The van der Waals surface area contributed by atoms with Crippen LogP contribution in [0.25, 0.3) is 0 Å². The van der Waals surface area contributed by atoms with E-state index in [1.165, 1.54) is 13.8 Å². The zero-order valence-electron chi connectivity index (χ0n) is 28.0. The lowest BCUT2D eigenvalue weighted by Gasteiger charge is -2.45. The Kier molecular flexibility index (Phi) is 13.9. The molecule has 1 fully saturated rings. The van der Waals surface area contributed by atoms with Gasteiger partial charge in [0, 0.05) is 21.0 Å². The van der Waals surface area contributed by atoms with E-state index in [4.69, 9.17) is 42.6 Å². The Balaban J connectivity index is 1.38. The summed E-state index contributed by atoms with van der Waals surface area (Å²) in [6.07, 6.45) is -2.52. The molecule has 3 aromatic carbocycles. The van der Waals surface area contributed by atoms with Crippen LogP contribution in [0.3, 0.4) is 0 Å². The monoisotopic (exact) mass is 676 g/mol. The van der Waals surface area contributed by atoms with Crippen molar-refractivity contribution in [2.45, 2.75) is 82.9 Å². The molecule has 0 aromatic heterocycles. The maximum Gasteiger partial charge on any atom is 0.303 e. The molecule has 2 aliphatic heterocycles. The van der Waals surface area contributed by atoms with Gasteiger partial charge in [-0.25, -0.2) is 0 Å². The molecule has 11 heteroatoms. The molecule has 0 amide bonds. The second-order valence-corrected chi connectivity index (χ2v) is 11.7. The fourth-order valence-corrected chi connectivity index (χ4v) is 5.61. The summed E-state index contributed by atoms with van der Waals surface area (Å²) in [5.74, 6) is -0.974. The van der Waals surface area contributed by atoms with Crippen LogP contribution in [0.1, 0.15) is 30.5 Å². The largest absolute Gasteiger partial charge is 0.463 e. The highest BCUT2D eigenvalue weighted by Gasteiger charge is 2.49. The van der Waals surface area contributed by atoms with Crippen LogP contribution in [0.5, 0.6) is 0 Å². The first kappa shape index (κ1) is 36.3. The third-order valence-electron chi connectivity index (χ3n) is 7.99. The maximum atomic E-state index is 11.7. The number of hydrogen-bond acceptors (Lipinski definition) is 11. The van der Waals surface area contributed by atoms with Crippen LogP contribution in [0.4, 0.5) is 0 Å². The van der Waals surface area contributed by atoms with Crippen LogP contribution in [0, 0.1) is 0 Å². The number of carbonyl (C=O) groups is 2. The molecular weight excluding hydrogens is 632 g/mol. The number of esters is 2. The van der Waals surface area contributed by atoms with Gasteiger partial charge in [-0.05, 0) is 28.8 Å². The van der Waals surface area contributed by atoms with Gasteiger partial charge >= 0.3 is 11.9 Å². The number of ether oxygens (including phenoxy) is 9. The Hall–Kier alpha value is -3.94. The normalized spacial score (nSPS) is 26.6.